The second-order valence-corrected chi connectivity index (χ2v) is 5.73. The van der Waals surface area contributed by atoms with Gasteiger partial charge in [0.05, 0.1) is 6.04 Å². The summed E-state index contributed by atoms with van der Waals surface area (Å²) >= 11 is 0. The Bertz CT molecular complexity index is 557. The van der Waals surface area contributed by atoms with E-state index >= 15 is 0 Å². The van der Waals surface area contributed by atoms with Gasteiger partial charge in [0.15, 0.2) is 0 Å². The molecule has 0 spiro atoms. The maximum absolute atomic E-state index is 13.3. The van der Waals surface area contributed by atoms with E-state index in [2.05, 4.69) is 5.32 Å². The molecule has 0 aromatic heterocycles. The van der Waals surface area contributed by atoms with E-state index in [0.717, 1.165) is 0 Å². The number of piperazine rings is 1. The zero-order valence-corrected chi connectivity index (χ0v) is 12.1. The van der Waals surface area contributed by atoms with Crippen molar-refractivity contribution in [2.75, 3.05) is 0 Å². The monoisotopic (exact) mass is 278 g/mol. The van der Waals surface area contributed by atoms with Crippen LogP contribution in [-0.4, -0.2) is 28.3 Å². The van der Waals surface area contributed by atoms with E-state index in [0.29, 0.717) is 5.56 Å². The van der Waals surface area contributed by atoms with Crippen LogP contribution in [0.15, 0.2) is 24.3 Å². The van der Waals surface area contributed by atoms with Gasteiger partial charge in [-0.15, -0.1) is 0 Å². The van der Waals surface area contributed by atoms with Crippen LogP contribution in [0.4, 0.5) is 4.39 Å². The van der Waals surface area contributed by atoms with Crippen LogP contribution in [0, 0.1) is 5.82 Å². The van der Waals surface area contributed by atoms with E-state index in [4.69, 9.17) is 0 Å². The number of carbonyl (C=O) groups is 2. The Balaban J connectivity index is 2.38. The molecule has 1 fully saturated rings. The number of nitrogens with one attached hydrogen (secondary N) is 1. The molecule has 2 unspecified atom stereocenters. The first-order chi connectivity index (χ1) is 9.24. The maximum Gasteiger partial charge on any atom is 0.248 e. The first-order valence-corrected chi connectivity index (χ1v) is 6.64. The van der Waals surface area contributed by atoms with Crippen LogP contribution in [0.2, 0.25) is 0 Å². The summed E-state index contributed by atoms with van der Waals surface area (Å²) in [5, 5.41) is 2.70. The first kappa shape index (κ1) is 14.5. The van der Waals surface area contributed by atoms with Crippen LogP contribution in [0.5, 0.6) is 0 Å². The van der Waals surface area contributed by atoms with E-state index in [-0.39, 0.29) is 23.7 Å². The molecule has 20 heavy (non-hydrogen) atoms. The fourth-order valence-corrected chi connectivity index (χ4v) is 2.53. The molecular formula is C15H19FN2O2. The highest BCUT2D eigenvalue weighted by molar-refractivity contribution is 5.99. The van der Waals surface area contributed by atoms with Crippen molar-refractivity contribution in [2.45, 2.75) is 45.3 Å². The normalized spacial score (nSPS) is 23.4. The van der Waals surface area contributed by atoms with E-state index in [9.17, 15) is 14.0 Å². The number of amides is 2. The van der Waals surface area contributed by atoms with Crippen LogP contribution in [0.1, 0.15) is 39.3 Å². The molecule has 1 saturated heterocycles. The summed E-state index contributed by atoms with van der Waals surface area (Å²) in [5.74, 6) is -0.714. The number of carbonyl (C=O) groups excluding carboxylic acids is 2. The minimum atomic E-state index is -0.939. The van der Waals surface area contributed by atoms with Crippen LogP contribution in [0.3, 0.4) is 0 Å². The Labute approximate surface area is 118 Å². The molecule has 4 nitrogen and oxygen atoms in total. The van der Waals surface area contributed by atoms with Gasteiger partial charge in [0.25, 0.3) is 0 Å². The standard InChI is InChI=1S/C15H19FN2O2/c1-9(11-6-5-7-12(16)8-11)18-10(2)13(19)17-15(3,4)14(18)20/h5-10H,1-4H3,(H,17,19). The zero-order chi connectivity index (χ0) is 15.1. The van der Waals surface area contributed by atoms with Gasteiger partial charge in [0.2, 0.25) is 11.8 Å². The summed E-state index contributed by atoms with van der Waals surface area (Å²) in [6.07, 6.45) is 0. The van der Waals surface area contributed by atoms with Crippen molar-refractivity contribution in [3.63, 3.8) is 0 Å². The van der Waals surface area contributed by atoms with Crippen molar-refractivity contribution in [1.29, 1.82) is 0 Å². The van der Waals surface area contributed by atoms with E-state index in [1.165, 1.54) is 17.0 Å². The SMILES string of the molecule is CC1C(=O)NC(C)(C)C(=O)N1C(C)c1cccc(F)c1. The van der Waals surface area contributed by atoms with Gasteiger partial charge < -0.3 is 10.2 Å². The lowest BCUT2D eigenvalue weighted by Gasteiger charge is -2.44. The van der Waals surface area contributed by atoms with Gasteiger partial charge in [-0.2, -0.15) is 0 Å². The molecule has 0 saturated carbocycles. The fourth-order valence-electron chi connectivity index (χ4n) is 2.53. The average Bonchev–Trinajstić information content (AvgIpc) is 2.36. The topological polar surface area (TPSA) is 49.4 Å². The maximum atomic E-state index is 13.3. The molecule has 0 aliphatic carbocycles. The summed E-state index contributed by atoms with van der Waals surface area (Å²) in [4.78, 5) is 26.0. The molecule has 5 heteroatoms. The second-order valence-electron chi connectivity index (χ2n) is 5.73. The quantitative estimate of drug-likeness (QED) is 0.899. The summed E-state index contributed by atoms with van der Waals surface area (Å²) in [5.41, 5.74) is -0.263. The van der Waals surface area contributed by atoms with Crippen LogP contribution >= 0.6 is 0 Å². The highest BCUT2D eigenvalue weighted by atomic mass is 19.1. The van der Waals surface area contributed by atoms with Crippen molar-refractivity contribution >= 4 is 11.8 Å². The van der Waals surface area contributed by atoms with Crippen molar-refractivity contribution in [2.24, 2.45) is 0 Å². The van der Waals surface area contributed by atoms with Crippen LogP contribution in [-0.2, 0) is 9.59 Å². The lowest BCUT2D eigenvalue weighted by Crippen LogP contribution is -2.67. The molecule has 1 aliphatic rings. The summed E-state index contributed by atoms with van der Waals surface area (Å²) in [6, 6.07) is 5.17. The zero-order valence-electron chi connectivity index (χ0n) is 12.1. The Morgan fingerprint density at radius 1 is 1.35 bits per heavy atom. The highest BCUT2D eigenvalue weighted by Crippen LogP contribution is 2.29. The second kappa shape index (κ2) is 4.89. The minimum absolute atomic E-state index is 0.165. The molecule has 2 atom stereocenters. The third-order valence-corrected chi connectivity index (χ3v) is 3.75. The molecule has 1 heterocycles. The third-order valence-electron chi connectivity index (χ3n) is 3.75. The van der Waals surface area contributed by atoms with Gasteiger partial charge >= 0.3 is 0 Å². The predicted octanol–water partition coefficient (Wildman–Crippen LogP) is 2.01. The number of halogens is 1. The molecule has 1 aliphatic heterocycles. The van der Waals surface area contributed by atoms with Crippen molar-refractivity contribution in [1.82, 2.24) is 10.2 Å². The van der Waals surface area contributed by atoms with Crippen LogP contribution < -0.4 is 5.32 Å². The lowest BCUT2D eigenvalue weighted by atomic mass is 9.94. The van der Waals surface area contributed by atoms with E-state index in [1.54, 1.807) is 39.8 Å². The van der Waals surface area contributed by atoms with Crippen molar-refractivity contribution in [3.8, 4) is 0 Å². The molecule has 1 aromatic rings. The van der Waals surface area contributed by atoms with Gasteiger partial charge in [-0.25, -0.2) is 4.39 Å². The van der Waals surface area contributed by atoms with E-state index < -0.39 is 11.6 Å². The molecule has 0 bridgehead atoms. The molecule has 108 valence electrons. The highest BCUT2D eigenvalue weighted by Gasteiger charge is 2.45. The molecule has 0 radical (unpaired) electrons. The van der Waals surface area contributed by atoms with Gasteiger partial charge in [-0.3, -0.25) is 9.59 Å². The number of benzene rings is 1. The van der Waals surface area contributed by atoms with Gasteiger partial charge in [0.1, 0.15) is 17.4 Å². The van der Waals surface area contributed by atoms with Crippen molar-refractivity contribution in [3.05, 3.63) is 35.6 Å². The first-order valence-electron chi connectivity index (χ1n) is 6.64. The molecular weight excluding hydrogens is 259 g/mol. The third kappa shape index (κ3) is 2.40. The van der Waals surface area contributed by atoms with Gasteiger partial charge in [-0.1, -0.05) is 12.1 Å². The number of hydrogen-bond acceptors (Lipinski definition) is 2. The number of rotatable bonds is 2. The summed E-state index contributed by atoms with van der Waals surface area (Å²) in [7, 11) is 0. The van der Waals surface area contributed by atoms with Gasteiger partial charge in [-0.05, 0) is 45.4 Å². The average molecular weight is 278 g/mol. The molecule has 1 aromatic carbocycles. The van der Waals surface area contributed by atoms with Gasteiger partial charge in [0, 0.05) is 0 Å². The number of nitrogens with zero attached hydrogens (tertiary/aromatic N) is 1. The van der Waals surface area contributed by atoms with E-state index in [1.807, 2.05) is 0 Å². The van der Waals surface area contributed by atoms with Crippen LogP contribution in [0.25, 0.3) is 0 Å². The largest absolute Gasteiger partial charge is 0.340 e. The Morgan fingerprint density at radius 2 is 2.00 bits per heavy atom. The summed E-state index contributed by atoms with van der Waals surface area (Å²) < 4.78 is 13.3. The molecule has 2 amide bonds. The molecule has 1 N–H and O–H groups in total. The van der Waals surface area contributed by atoms with Crippen molar-refractivity contribution < 1.29 is 14.0 Å². The Hall–Kier alpha value is -1.91. The smallest absolute Gasteiger partial charge is 0.248 e. The predicted molar refractivity (Wildman–Crippen MR) is 73.3 cm³/mol. The summed E-state index contributed by atoms with van der Waals surface area (Å²) in [6.45, 7) is 6.82. The number of hydrogen-bond donors (Lipinski definition) is 1. The lowest BCUT2D eigenvalue weighted by molar-refractivity contribution is -0.155. The Kier molecular flexibility index (Phi) is 3.54. The molecule has 2 rings (SSSR count). The fraction of sp³-hybridized carbons (Fsp3) is 0.467. The minimum Gasteiger partial charge on any atom is -0.340 e. The Morgan fingerprint density at radius 3 is 2.60 bits per heavy atom.